The lowest BCUT2D eigenvalue weighted by Crippen LogP contribution is -2.20. The van der Waals surface area contributed by atoms with Crippen molar-refractivity contribution in [1.82, 2.24) is 20.1 Å². The maximum atomic E-state index is 5.06. The van der Waals surface area contributed by atoms with Crippen molar-refractivity contribution >= 4 is 5.82 Å². The molecular formula is C12H17N5O2. The van der Waals surface area contributed by atoms with E-state index in [-0.39, 0.29) is 0 Å². The van der Waals surface area contributed by atoms with E-state index in [1.807, 2.05) is 24.9 Å². The summed E-state index contributed by atoms with van der Waals surface area (Å²) in [5.41, 5.74) is 0.896. The summed E-state index contributed by atoms with van der Waals surface area (Å²) in [6.45, 7) is 4.61. The maximum Gasteiger partial charge on any atom is 0.223 e. The number of hydrogen-bond donors (Lipinski definition) is 0. The van der Waals surface area contributed by atoms with Gasteiger partial charge in [-0.1, -0.05) is 5.16 Å². The molecule has 0 spiro atoms. The summed E-state index contributed by atoms with van der Waals surface area (Å²) in [7, 11) is 3.54. The molecule has 7 nitrogen and oxygen atoms in total. The van der Waals surface area contributed by atoms with E-state index >= 15 is 0 Å². The molecule has 2 aromatic heterocycles. The molecule has 0 amide bonds. The van der Waals surface area contributed by atoms with Gasteiger partial charge in [0.05, 0.1) is 6.54 Å². The van der Waals surface area contributed by atoms with Crippen LogP contribution in [0, 0.1) is 13.8 Å². The number of hydrogen-bond acceptors (Lipinski definition) is 7. The minimum absolute atomic E-state index is 0.393. The third-order valence-corrected chi connectivity index (χ3v) is 2.50. The van der Waals surface area contributed by atoms with Gasteiger partial charge in [0.1, 0.15) is 12.4 Å². The quantitative estimate of drug-likeness (QED) is 0.803. The van der Waals surface area contributed by atoms with E-state index in [0.29, 0.717) is 30.7 Å². The molecule has 0 radical (unpaired) electrons. The fraction of sp³-hybridized carbons (Fsp3) is 0.500. The topological polar surface area (TPSA) is 77.2 Å². The van der Waals surface area contributed by atoms with Crippen molar-refractivity contribution in [2.24, 2.45) is 0 Å². The van der Waals surface area contributed by atoms with Gasteiger partial charge in [0.2, 0.25) is 5.89 Å². The van der Waals surface area contributed by atoms with Crippen LogP contribution in [0.15, 0.2) is 10.6 Å². The first kappa shape index (κ1) is 13.4. The number of aromatic nitrogens is 4. The van der Waals surface area contributed by atoms with E-state index < -0.39 is 0 Å². The Morgan fingerprint density at radius 2 is 2.00 bits per heavy atom. The Labute approximate surface area is 111 Å². The lowest BCUT2D eigenvalue weighted by atomic mass is 10.4. The van der Waals surface area contributed by atoms with Gasteiger partial charge < -0.3 is 14.2 Å². The summed E-state index contributed by atoms with van der Waals surface area (Å²) in [6, 6.07) is 1.91. The minimum atomic E-state index is 0.393. The second-order valence-corrected chi connectivity index (χ2v) is 4.30. The highest BCUT2D eigenvalue weighted by atomic mass is 16.5. The van der Waals surface area contributed by atoms with Crippen LogP contribution < -0.4 is 4.90 Å². The van der Waals surface area contributed by atoms with Gasteiger partial charge in [0.15, 0.2) is 11.6 Å². The van der Waals surface area contributed by atoms with Crippen molar-refractivity contribution in [3.63, 3.8) is 0 Å². The van der Waals surface area contributed by atoms with Gasteiger partial charge in [-0.3, -0.25) is 0 Å². The van der Waals surface area contributed by atoms with Gasteiger partial charge in [-0.25, -0.2) is 9.97 Å². The SMILES string of the molecule is COCc1nc(C)cc(N(C)Cc2noc(C)n2)n1. The number of rotatable bonds is 5. The van der Waals surface area contributed by atoms with Gasteiger partial charge in [-0.2, -0.15) is 4.98 Å². The maximum absolute atomic E-state index is 5.06. The van der Waals surface area contributed by atoms with Crippen molar-refractivity contribution in [1.29, 1.82) is 0 Å². The van der Waals surface area contributed by atoms with Crippen LogP contribution in [0.1, 0.15) is 23.2 Å². The molecule has 2 aromatic rings. The second-order valence-electron chi connectivity index (χ2n) is 4.30. The Kier molecular flexibility index (Phi) is 4.06. The average molecular weight is 263 g/mol. The fourth-order valence-corrected chi connectivity index (χ4v) is 1.70. The summed E-state index contributed by atoms with van der Waals surface area (Å²) in [4.78, 5) is 14.8. The van der Waals surface area contributed by atoms with Crippen LogP contribution in [0.3, 0.4) is 0 Å². The zero-order valence-corrected chi connectivity index (χ0v) is 11.5. The molecule has 102 valence electrons. The first-order valence-electron chi connectivity index (χ1n) is 5.92. The van der Waals surface area contributed by atoms with E-state index in [9.17, 15) is 0 Å². The standard InChI is InChI=1S/C12H17N5O2/c1-8-5-12(15-11(13-8)7-18-4)17(3)6-10-14-9(2)19-16-10/h5H,6-7H2,1-4H3. The van der Waals surface area contributed by atoms with Crippen LogP contribution in [0.4, 0.5) is 5.82 Å². The first-order valence-corrected chi connectivity index (χ1v) is 5.92. The van der Waals surface area contributed by atoms with Gasteiger partial charge in [0.25, 0.3) is 0 Å². The van der Waals surface area contributed by atoms with Crippen LogP contribution in [0.5, 0.6) is 0 Å². The molecule has 0 aliphatic heterocycles. The summed E-state index contributed by atoms with van der Waals surface area (Å²) in [6.07, 6.45) is 0. The van der Waals surface area contributed by atoms with E-state index in [4.69, 9.17) is 9.26 Å². The highest BCUT2D eigenvalue weighted by molar-refractivity contribution is 5.38. The van der Waals surface area contributed by atoms with Crippen LogP contribution in [0.2, 0.25) is 0 Å². The number of nitrogens with zero attached hydrogens (tertiary/aromatic N) is 5. The summed E-state index contributed by atoms with van der Waals surface area (Å²) >= 11 is 0. The number of aryl methyl sites for hydroxylation is 2. The Balaban J connectivity index is 2.15. The van der Waals surface area contributed by atoms with E-state index in [1.54, 1.807) is 14.0 Å². The van der Waals surface area contributed by atoms with E-state index in [2.05, 4.69) is 20.1 Å². The third-order valence-electron chi connectivity index (χ3n) is 2.50. The number of ether oxygens (including phenoxy) is 1. The first-order chi connectivity index (χ1) is 9.08. The molecule has 2 rings (SSSR count). The molecule has 0 aliphatic rings. The van der Waals surface area contributed by atoms with Crippen LogP contribution >= 0.6 is 0 Å². The van der Waals surface area contributed by atoms with Gasteiger partial charge >= 0.3 is 0 Å². The lowest BCUT2D eigenvalue weighted by molar-refractivity contribution is 0.177. The molecule has 0 atom stereocenters. The molecule has 0 saturated carbocycles. The molecule has 2 heterocycles. The molecular weight excluding hydrogens is 246 g/mol. The number of methoxy groups -OCH3 is 1. The van der Waals surface area contributed by atoms with Crippen LogP contribution in [0.25, 0.3) is 0 Å². The average Bonchev–Trinajstić information content (AvgIpc) is 2.74. The van der Waals surface area contributed by atoms with Gasteiger partial charge in [-0.05, 0) is 6.92 Å². The van der Waals surface area contributed by atoms with Crippen LogP contribution in [-0.2, 0) is 17.9 Å². The van der Waals surface area contributed by atoms with E-state index in [0.717, 1.165) is 11.5 Å². The predicted octanol–water partition coefficient (Wildman–Crippen LogP) is 1.26. The van der Waals surface area contributed by atoms with Gasteiger partial charge in [-0.15, -0.1) is 0 Å². The largest absolute Gasteiger partial charge is 0.377 e. The normalized spacial score (nSPS) is 10.7. The Morgan fingerprint density at radius 3 is 2.63 bits per heavy atom. The Bertz CT molecular complexity index is 555. The van der Waals surface area contributed by atoms with Crippen molar-refractivity contribution in [2.45, 2.75) is 27.0 Å². The smallest absolute Gasteiger partial charge is 0.223 e. The van der Waals surface area contributed by atoms with Crippen molar-refractivity contribution in [2.75, 3.05) is 19.1 Å². The highest BCUT2D eigenvalue weighted by Gasteiger charge is 2.10. The van der Waals surface area contributed by atoms with Crippen molar-refractivity contribution < 1.29 is 9.26 Å². The van der Waals surface area contributed by atoms with E-state index in [1.165, 1.54) is 0 Å². The van der Waals surface area contributed by atoms with Crippen molar-refractivity contribution in [3.8, 4) is 0 Å². The molecule has 0 aromatic carbocycles. The monoisotopic (exact) mass is 263 g/mol. The second kappa shape index (κ2) is 5.75. The van der Waals surface area contributed by atoms with Crippen LogP contribution in [-0.4, -0.2) is 34.3 Å². The Morgan fingerprint density at radius 1 is 1.21 bits per heavy atom. The molecule has 0 N–H and O–H groups in total. The minimum Gasteiger partial charge on any atom is -0.377 e. The lowest BCUT2D eigenvalue weighted by Gasteiger charge is -2.17. The zero-order valence-electron chi connectivity index (χ0n) is 11.5. The summed E-state index contributed by atoms with van der Waals surface area (Å²) in [5, 5.41) is 3.87. The van der Waals surface area contributed by atoms with Crippen molar-refractivity contribution in [3.05, 3.63) is 29.3 Å². The Hall–Kier alpha value is -2.02. The fourth-order valence-electron chi connectivity index (χ4n) is 1.70. The molecule has 0 unspecified atom stereocenters. The molecule has 0 aliphatic carbocycles. The highest BCUT2D eigenvalue weighted by Crippen LogP contribution is 2.13. The molecule has 7 heteroatoms. The molecule has 19 heavy (non-hydrogen) atoms. The predicted molar refractivity (Wildman–Crippen MR) is 68.6 cm³/mol. The third kappa shape index (κ3) is 3.47. The zero-order chi connectivity index (χ0) is 13.8. The summed E-state index contributed by atoms with van der Waals surface area (Å²) < 4.78 is 10.0. The molecule has 0 bridgehead atoms. The van der Waals surface area contributed by atoms with Gasteiger partial charge in [0, 0.05) is 32.8 Å². The number of anilines is 1. The molecule has 0 saturated heterocycles. The molecule has 0 fully saturated rings. The summed E-state index contributed by atoms with van der Waals surface area (Å²) in [5.74, 6) is 2.66.